The van der Waals surface area contributed by atoms with Crippen LogP contribution in [0, 0.1) is 5.92 Å². The highest BCUT2D eigenvalue weighted by molar-refractivity contribution is 6.31. The number of likely N-dealkylation sites (tertiary alicyclic amines) is 1. The number of alkyl halides is 2. The van der Waals surface area contributed by atoms with Gasteiger partial charge in [-0.05, 0) is 37.1 Å². The Morgan fingerprint density at radius 1 is 1.37 bits per heavy atom. The van der Waals surface area contributed by atoms with Crippen LogP contribution >= 0.6 is 11.6 Å². The molecule has 1 aliphatic heterocycles. The van der Waals surface area contributed by atoms with Crippen molar-refractivity contribution in [3.05, 3.63) is 46.4 Å². The van der Waals surface area contributed by atoms with Crippen molar-refractivity contribution in [1.29, 1.82) is 0 Å². The second-order valence-corrected chi connectivity index (χ2v) is 7.41. The zero-order chi connectivity index (χ0) is 19.4. The zero-order valence-corrected chi connectivity index (χ0v) is 15.9. The molecule has 3 rings (SSSR count). The Labute approximate surface area is 163 Å². The highest BCUT2D eigenvalue weighted by atomic mass is 35.5. The number of aliphatic imine (C=N–C) groups is 2. The fourth-order valence-corrected chi connectivity index (χ4v) is 3.15. The highest BCUT2D eigenvalue weighted by Gasteiger charge is 2.40. The van der Waals surface area contributed by atoms with Crippen LogP contribution in [0.5, 0.6) is 0 Å². The molecule has 1 heterocycles. The molecule has 5 nitrogen and oxygen atoms in total. The first kappa shape index (κ1) is 19.6. The minimum absolute atomic E-state index is 0.202. The Bertz CT molecular complexity index is 758. The van der Waals surface area contributed by atoms with Crippen LogP contribution < -0.4 is 11.1 Å². The van der Waals surface area contributed by atoms with Gasteiger partial charge in [0, 0.05) is 31.1 Å². The Kier molecular flexibility index (Phi) is 5.99. The second-order valence-electron chi connectivity index (χ2n) is 7.00. The summed E-state index contributed by atoms with van der Waals surface area (Å²) in [5.74, 6) is -1.52. The minimum Gasteiger partial charge on any atom is -0.393 e. The van der Waals surface area contributed by atoms with E-state index in [9.17, 15) is 8.78 Å². The Morgan fingerprint density at radius 2 is 2.11 bits per heavy atom. The third-order valence-corrected chi connectivity index (χ3v) is 5.09. The molecule has 1 aliphatic carbocycles. The first-order chi connectivity index (χ1) is 12.9. The summed E-state index contributed by atoms with van der Waals surface area (Å²) >= 11 is 6.17. The summed E-state index contributed by atoms with van der Waals surface area (Å²) in [6, 6.07) is 7.40. The van der Waals surface area contributed by atoms with Crippen LogP contribution in [0.3, 0.4) is 0 Å². The minimum atomic E-state index is -2.73. The van der Waals surface area contributed by atoms with Gasteiger partial charge in [-0.3, -0.25) is 4.99 Å². The van der Waals surface area contributed by atoms with Crippen LogP contribution in [0.1, 0.15) is 24.8 Å². The van der Waals surface area contributed by atoms with E-state index >= 15 is 0 Å². The van der Waals surface area contributed by atoms with E-state index in [2.05, 4.69) is 22.0 Å². The molecule has 0 atom stereocenters. The number of amidine groups is 1. The number of nitrogens with one attached hydrogen (secondary N) is 1. The maximum absolute atomic E-state index is 13.7. The summed E-state index contributed by atoms with van der Waals surface area (Å²) in [6.45, 7) is 4.37. The van der Waals surface area contributed by atoms with Gasteiger partial charge in [-0.15, -0.1) is 0 Å². The molecule has 2 aliphatic rings. The number of nitrogens with two attached hydrogens (primary N) is 1. The summed E-state index contributed by atoms with van der Waals surface area (Å²) in [7, 11) is 0. The van der Waals surface area contributed by atoms with Crippen molar-refractivity contribution in [2.75, 3.05) is 19.6 Å². The SMILES string of the molecule is C=N/C(NCc1ccccc1Cl)=C(/N)C(=NCC1CC1)N1CCC(F)(F)C1. The van der Waals surface area contributed by atoms with E-state index in [4.69, 9.17) is 17.3 Å². The molecule has 146 valence electrons. The summed E-state index contributed by atoms with van der Waals surface area (Å²) in [5, 5.41) is 3.72. The number of hydrogen-bond donors (Lipinski definition) is 2. The molecule has 27 heavy (non-hydrogen) atoms. The molecule has 1 saturated heterocycles. The van der Waals surface area contributed by atoms with Gasteiger partial charge in [0.2, 0.25) is 0 Å². The van der Waals surface area contributed by atoms with Gasteiger partial charge in [-0.2, -0.15) is 0 Å². The molecular weight excluding hydrogens is 372 g/mol. The van der Waals surface area contributed by atoms with Crippen LogP contribution in [-0.4, -0.2) is 43.0 Å². The smallest absolute Gasteiger partial charge is 0.266 e. The molecule has 1 aromatic rings. The van der Waals surface area contributed by atoms with E-state index in [1.807, 2.05) is 18.2 Å². The van der Waals surface area contributed by atoms with Crippen molar-refractivity contribution in [3.63, 3.8) is 0 Å². The third kappa shape index (κ3) is 5.19. The Morgan fingerprint density at radius 3 is 2.70 bits per heavy atom. The van der Waals surface area contributed by atoms with Crippen LogP contribution in [0.15, 0.2) is 45.8 Å². The third-order valence-electron chi connectivity index (χ3n) is 4.72. The van der Waals surface area contributed by atoms with Gasteiger partial charge in [0.05, 0.1) is 6.54 Å². The molecule has 8 heteroatoms. The van der Waals surface area contributed by atoms with Crippen molar-refractivity contribution in [1.82, 2.24) is 10.2 Å². The molecule has 0 unspecified atom stereocenters. The van der Waals surface area contributed by atoms with Gasteiger partial charge in [-0.25, -0.2) is 13.8 Å². The predicted octanol–water partition coefficient (Wildman–Crippen LogP) is 3.41. The maximum Gasteiger partial charge on any atom is 0.266 e. The van der Waals surface area contributed by atoms with Gasteiger partial charge in [0.25, 0.3) is 5.92 Å². The quantitative estimate of drug-likeness (QED) is 0.549. The molecule has 2 fully saturated rings. The lowest BCUT2D eigenvalue weighted by molar-refractivity contribution is 0.0176. The molecule has 0 radical (unpaired) electrons. The monoisotopic (exact) mass is 395 g/mol. The van der Waals surface area contributed by atoms with Crippen molar-refractivity contribution in [2.24, 2.45) is 21.6 Å². The summed E-state index contributed by atoms with van der Waals surface area (Å²) in [4.78, 5) is 10.0. The second kappa shape index (κ2) is 8.25. The first-order valence-corrected chi connectivity index (χ1v) is 9.39. The lowest BCUT2D eigenvalue weighted by Gasteiger charge is -2.22. The molecule has 1 aromatic carbocycles. The van der Waals surface area contributed by atoms with E-state index in [1.54, 1.807) is 11.0 Å². The lowest BCUT2D eigenvalue weighted by atomic mass is 10.2. The Hall–Kier alpha value is -2.15. The van der Waals surface area contributed by atoms with Crippen molar-refractivity contribution in [3.8, 4) is 0 Å². The van der Waals surface area contributed by atoms with Crippen molar-refractivity contribution in [2.45, 2.75) is 31.7 Å². The summed E-state index contributed by atoms with van der Waals surface area (Å²) < 4.78 is 27.4. The van der Waals surface area contributed by atoms with Gasteiger partial charge in [0.15, 0.2) is 11.7 Å². The van der Waals surface area contributed by atoms with Crippen LogP contribution in [0.4, 0.5) is 8.78 Å². The predicted molar refractivity (Wildman–Crippen MR) is 105 cm³/mol. The summed E-state index contributed by atoms with van der Waals surface area (Å²) in [5.41, 5.74) is 7.39. The van der Waals surface area contributed by atoms with E-state index in [-0.39, 0.29) is 25.2 Å². The first-order valence-electron chi connectivity index (χ1n) is 9.01. The fraction of sp³-hybridized carbons (Fsp3) is 0.474. The average Bonchev–Trinajstić information content (AvgIpc) is 3.39. The highest BCUT2D eigenvalue weighted by Crippen LogP contribution is 2.31. The Balaban J connectivity index is 1.80. The zero-order valence-electron chi connectivity index (χ0n) is 15.1. The van der Waals surface area contributed by atoms with Crippen LogP contribution in [0.25, 0.3) is 0 Å². The van der Waals surface area contributed by atoms with Crippen molar-refractivity contribution >= 4 is 24.2 Å². The number of halogens is 3. The standard InChI is InChI=1S/C19H24ClF2N5/c1-24-17(25-11-14-4-2-3-5-15(14)20)16(23)18(26-10-13-6-7-13)27-9-8-19(21,22)12-27/h2-5,13,25H,1,6-12,23H2/b17-16-,26-18?. The molecule has 3 N–H and O–H groups in total. The number of benzene rings is 1. The van der Waals surface area contributed by atoms with E-state index < -0.39 is 5.92 Å². The molecule has 1 saturated carbocycles. The van der Waals surface area contributed by atoms with Crippen LogP contribution in [-0.2, 0) is 6.54 Å². The van der Waals surface area contributed by atoms with E-state index in [0.717, 1.165) is 18.4 Å². The topological polar surface area (TPSA) is 66.0 Å². The van der Waals surface area contributed by atoms with Crippen LogP contribution in [0.2, 0.25) is 5.02 Å². The largest absolute Gasteiger partial charge is 0.393 e. The molecule has 0 spiro atoms. The molecule has 0 amide bonds. The maximum atomic E-state index is 13.7. The fourth-order valence-electron chi connectivity index (χ4n) is 2.95. The normalized spacial score (nSPS) is 20.4. The summed E-state index contributed by atoms with van der Waals surface area (Å²) in [6.07, 6.45) is 2.04. The van der Waals surface area contributed by atoms with Gasteiger partial charge in [0.1, 0.15) is 5.70 Å². The van der Waals surface area contributed by atoms with Gasteiger partial charge < -0.3 is 16.0 Å². The number of rotatable bonds is 7. The van der Waals surface area contributed by atoms with E-state index in [1.165, 1.54) is 0 Å². The number of hydrogen-bond acceptors (Lipinski definition) is 4. The van der Waals surface area contributed by atoms with Crippen molar-refractivity contribution < 1.29 is 8.78 Å². The number of nitrogens with zero attached hydrogens (tertiary/aromatic N) is 3. The molecule has 0 aromatic heterocycles. The molecular formula is C19H24ClF2N5. The molecule has 0 bridgehead atoms. The van der Waals surface area contributed by atoms with E-state index in [0.29, 0.717) is 35.7 Å². The average molecular weight is 396 g/mol. The van der Waals surface area contributed by atoms with Gasteiger partial charge >= 0.3 is 0 Å². The van der Waals surface area contributed by atoms with Gasteiger partial charge in [-0.1, -0.05) is 29.8 Å². The lowest BCUT2D eigenvalue weighted by Crippen LogP contribution is -2.37.